The third-order valence-corrected chi connectivity index (χ3v) is 13.8. The van der Waals surface area contributed by atoms with Gasteiger partial charge < -0.3 is 40.3 Å². The summed E-state index contributed by atoms with van der Waals surface area (Å²) in [5.41, 5.74) is 2.43. The van der Waals surface area contributed by atoms with Gasteiger partial charge in [0.1, 0.15) is 29.0 Å². The third-order valence-electron chi connectivity index (χ3n) is 13.8. The second-order valence-electron chi connectivity index (χ2n) is 18.0. The monoisotopic (exact) mass is 817 g/mol. The number of ether oxygens (including phenoxy) is 2. The normalized spacial score (nSPS) is 30.1. The van der Waals surface area contributed by atoms with E-state index in [9.17, 15) is 35.1 Å². The number of ketones is 1. The minimum Gasteiger partial charge on any atom is -0.508 e. The Bertz CT molecular complexity index is 2260. The molecule has 2 aliphatic carbocycles. The number of Topliss-reactive ketones (excluding diaryl/α,β-unsaturated/α-hetero) is 1. The molecule has 0 amide bonds. The predicted molar refractivity (Wildman–Crippen MR) is 223 cm³/mol. The van der Waals surface area contributed by atoms with Crippen molar-refractivity contribution < 1.29 is 49.4 Å². The number of carbonyl (C=O) groups excluding carboxylic acids is 3. The highest BCUT2D eigenvalue weighted by Gasteiger charge is 2.48. The van der Waals surface area contributed by atoms with E-state index in [1.54, 1.807) is 38.1 Å². The molecule has 60 heavy (non-hydrogen) atoms. The van der Waals surface area contributed by atoms with Crippen LogP contribution in [0.5, 0.6) is 11.5 Å². The number of aromatic hydroxyl groups is 1. The summed E-state index contributed by atoms with van der Waals surface area (Å²) in [5, 5.41) is 60.3. The molecule has 3 heterocycles. The molecule has 11 heteroatoms. The lowest BCUT2D eigenvalue weighted by molar-refractivity contribution is -0.170. The van der Waals surface area contributed by atoms with Gasteiger partial charge in [-0.2, -0.15) is 0 Å². The van der Waals surface area contributed by atoms with Crippen LogP contribution in [0.4, 0.5) is 5.69 Å². The lowest BCUT2D eigenvalue weighted by atomic mass is 9.68. The smallest absolute Gasteiger partial charge is 0.334 e. The van der Waals surface area contributed by atoms with Crippen molar-refractivity contribution in [2.24, 2.45) is 11.8 Å². The summed E-state index contributed by atoms with van der Waals surface area (Å²) in [5.74, 6) is 3.31. The number of benzene rings is 3. The van der Waals surface area contributed by atoms with Gasteiger partial charge in [0.05, 0.1) is 31.2 Å². The van der Waals surface area contributed by atoms with Crippen molar-refractivity contribution in [2.75, 3.05) is 11.9 Å². The van der Waals surface area contributed by atoms with E-state index < -0.39 is 59.0 Å². The van der Waals surface area contributed by atoms with Crippen LogP contribution in [0, 0.1) is 23.7 Å². The molecule has 2 saturated carbocycles. The van der Waals surface area contributed by atoms with Crippen LogP contribution in [0.2, 0.25) is 0 Å². The number of phenols is 1. The molecule has 8 atom stereocenters. The number of nitrogens with one attached hydrogen (secondary N) is 1. The van der Waals surface area contributed by atoms with Gasteiger partial charge in [-0.15, -0.1) is 0 Å². The summed E-state index contributed by atoms with van der Waals surface area (Å²) >= 11 is 0. The van der Waals surface area contributed by atoms with Crippen molar-refractivity contribution in [3.8, 4) is 23.3 Å². The third kappa shape index (κ3) is 8.35. The summed E-state index contributed by atoms with van der Waals surface area (Å²) in [6.07, 6.45) is 3.00. The molecule has 0 saturated heterocycles. The Morgan fingerprint density at radius 2 is 1.75 bits per heavy atom. The van der Waals surface area contributed by atoms with Crippen LogP contribution in [0.1, 0.15) is 117 Å². The van der Waals surface area contributed by atoms with E-state index in [1.807, 2.05) is 24.3 Å². The van der Waals surface area contributed by atoms with Crippen LogP contribution in [-0.4, -0.2) is 73.7 Å². The van der Waals surface area contributed by atoms with Crippen LogP contribution in [0.3, 0.4) is 0 Å². The number of aliphatic hydroxyl groups is 4. The van der Waals surface area contributed by atoms with Gasteiger partial charge >= 0.3 is 11.9 Å². The highest BCUT2D eigenvalue weighted by Crippen LogP contribution is 2.47. The summed E-state index contributed by atoms with van der Waals surface area (Å²) in [4.78, 5) is 41.5. The second kappa shape index (κ2) is 16.8. The molecule has 1 spiro atoms. The molecule has 8 bridgehead atoms. The number of aliphatic hydroxyl groups excluding tert-OH is 3. The average Bonchev–Trinajstić information content (AvgIpc) is 3.73. The molecule has 3 aliphatic heterocycles. The number of carbonyl (C=O) groups is 3. The van der Waals surface area contributed by atoms with E-state index >= 15 is 4.79 Å². The molecular weight excluding hydrogens is 763 g/mol. The molecular formula is C49H55NO10. The van der Waals surface area contributed by atoms with Crippen molar-refractivity contribution in [1.29, 1.82) is 0 Å². The largest absolute Gasteiger partial charge is 0.508 e. The number of phenolic OH excluding ortho intramolecular Hbond substituents is 1. The summed E-state index contributed by atoms with van der Waals surface area (Å²) in [6.45, 7) is 3.25. The van der Waals surface area contributed by atoms with Gasteiger partial charge in [0.2, 0.25) is 0 Å². The highest BCUT2D eigenvalue weighted by molar-refractivity contribution is 5.89. The maximum atomic E-state index is 15.0. The Labute approximate surface area is 350 Å². The van der Waals surface area contributed by atoms with Crippen molar-refractivity contribution >= 4 is 23.4 Å². The number of fused-ring (bicyclic) bond motifs is 9. The van der Waals surface area contributed by atoms with Gasteiger partial charge in [0.15, 0.2) is 0 Å². The maximum Gasteiger partial charge on any atom is 0.334 e. The zero-order chi connectivity index (χ0) is 42.3. The first-order chi connectivity index (χ1) is 28.7. The Balaban J connectivity index is 1.34. The number of anilines is 1. The van der Waals surface area contributed by atoms with Crippen molar-refractivity contribution in [1.82, 2.24) is 0 Å². The summed E-state index contributed by atoms with van der Waals surface area (Å²) < 4.78 is 12.1. The van der Waals surface area contributed by atoms with Gasteiger partial charge in [-0.1, -0.05) is 55.0 Å². The minimum absolute atomic E-state index is 0.0362. The van der Waals surface area contributed by atoms with Crippen molar-refractivity contribution in [3.05, 3.63) is 99.6 Å². The maximum absolute atomic E-state index is 15.0. The molecule has 3 aromatic carbocycles. The van der Waals surface area contributed by atoms with Crippen molar-refractivity contribution in [2.45, 2.75) is 132 Å². The predicted octanol–water partition coefficient (Wildman–Crippen LogP) is 5.81. The molecule has 0 aromatic heterocycles. The molecule has 0 radical (unpaired) electrons. The minimum atomic E-state index is -1.67. The molecule has 8 rings (SSSR count). The average molecular weight is 818 g/mol. The lowest BCUT2D eigenvalue weighted by Gasteiger charge is -2.42. The zero-order valence-corrected chi connectivity index (χ0v) is 34.3. The summed E-state index contributed by atoms with van der Waals surface area (Å²) in [6, 6.07) is 16.6. The Hall–Kier alpha value is -4.99. The topological polar surface area (TPSA) is 183 Å². The number of rotatable bonds is 5. The fraction of sp³-hybridized carbons (Fsp3) is 0.490. The fourth-order valence-corrected chi connectivity index (χ4v) is 10.3. The fourth-order valence-electron chi connectivity index (χ4n) is 10.3. The lowest BCUT2D eigenvalue weighted by Crippen LogP contribution is -2.52. The van der Waals surface area contributed by atoms with E-state index in [1.165, 1.54) is 6.07 Å². The van der Waals surface area contributed by atoms with E-state index in [0.29, 0.717) is 60.0 Å². The molecule has 3 aromatic rings. The molecule has 11 nitrogen and oxygen atoms in total. The standard InChI is InChI=1S/C49H55NO10/c1-28(52)26-50-39-17-30(27-51)15-33(20-39)31-8-9-32-24-46(56)59-43-25-42(54)35(21-40(32)43)23-45-48(2,58)37-10-11-41(53)34(19-37)14-29-6-5-7-38(16-29)49(12-3-4-13-49)44(55)22-36(18-31)47(57)60-45/h5-7,15-17,20-22,25,28,31-32,34,37,44-45,50-52,54-55,58H,3-4,10-14,18-19,23-24,26-27H2,1-2H3/b36-22-/t28-,31+,32-,34-,37-,44-,45+,48-/m0/s1. The van der Waals surface area contributed by atoms with Crippen LogP contribution in [0.25, 0.3) is 0 Å². The Morgan fingerprint density at radius 1 is 0.967 bits per heavy atom. The van der Waals surface area contributed by atoms with Gasteiger partial charge in [0, 0.05) is 59.5 Å². The molecule has 6 N–H and O–H groups in total. The number of esters is 2. The quantitative estimate of drug-likeness (QED) is 0.104. The Morgan fingerprint density at radius 3 is 2.52 bits per heavy atom. The first kappa shape index (κ1) is 41.7. The molecule has 5 aliphatic rings. The van der Waals surface area contributed by atoms with Gasteiger partial charge in [0.25, 0.3) is 0 Å². The summed E-state index contributed by atoms with van der Waals surface area (Å²) in [7, 11) is 0. The molecule has 0 unspecified atom stereocenters. The van der Waals surface area contributed by atoms with E-state index in [4.69, 9.17) is 9.47 Å². The van der Waals surface area contributed by atoms with Gasteiger partial charge in [-0.25, -0.2) is 4.79 Å². The number of hydrogen-bond acceptors (Lipinski definition) is 11. The molecule has 316 valence electrons. The number of hydrogen-bond donors (Lipinski definition) is 6. The van der Waals surface area contributed by atoms with Gasteiger partial charge in [-0.05, 0) is 110 Å². The molecule has 2 fully saturated rings. The van der Waals surface area contributed by atoms with Gasteiger partial charge in [-0.3, -0.25) is 9.59 Å². The zero-order valence-electron chi connectivity index (χ0n) is 34.3. The SMILES string of the molecule is C[C@H](O)CNc1cc(CO)cc([C@@H]2C#C[C@H]3CC(=O)Oc4cc(O)c(cc43)C[C@H]3OC(=O)/C(=C\[C@H](O)C4(CCCC4)c4cccc(c4)C[C@H]4C[C@H](CCC4=O)[C@]3(C)O)C2)c1. The first-order valence-corrected chi connectivity index (χ1v) is 21.4. The highest BCUT2D eigenvalue weighted by atomic mass is 16.6. The van der Waals surface area contributed by atoms with Crippen LogP contribution < -0.4 is 10.1 Å². The second-order valence-corrected chi connectivity index (χ2v) is 18.0. The van der Waals surface area contributed by atoms with Crippen LogP contribution >= 0.6 is 0 Å². The van der Waals surface area contributed by atoms with E-state index in [0.717, 1.165) is 24.0 Å². The van der Waals surface area contributed by atoms with E-state index in [2.05, 4.69) is 23.2 Å². The van der Waals surface area contributed by atoms with E-state index in [-0.39, 0.29) is 67.6 Å². The first-order valence-electron chi connectivity index (χ1n) is 21.4. The van der Waals surface area contributed by atoms with Crippen LogP contribution in [0.15, 0.2) is 66.2 Å². The Kier molecular flexibility index (Phi) is 11.7. The van der Waals surface area contributed by atoms with Crippen molar-refractivity contribution in [3.63, 3.8) is 0 Å². The van der Waals surface area contributed by atoms with Crippen LogP contribution in [-0.2, 0) is 44.0 Å².